The van der Waals surface area contributed by atoms with E-state index in [0.717, 1.165) is 116 Å². The van der Waals surface area contributed by atoms with Crippen molar-refractivity contribution in [3.63, 3.8) is 0 Å². The largest absolute Gasteiger partial charge is 0.309 e. The summed E-state index contributed by atoms with van der Waals surface area (Å²) in [6, 6.07) is 80.0. The summed E-state index contributed by atoms with van der Waals surface area (Å²) in [6.45, 7) is 23.6. The third-order valence-electron chi connectivity index (χ3n) is 14.2. The van der Waals surface area contributed by atoms with Gasteiger partial charge in [-0.2, -0.15) is 5.26 Å². The molecule has 13 aromatic rings. The Morgan fingerprint density at radius 2 is 0.868 bits per heavy atom. The van der Waals surface area contributed by atoms with E-state index in [1.165, 1.54) is 0 Å². The second-order valence-electron chi connectivity index (χ2n) is 18.5. The summed E-state index contributed by atoms with van der Waals surface area (Å²) in [5, 5.41) is 13.8. The van der Waals surface area contributed by atoms with Crippen molar-refractivity contribution in [1.82, 2.24) is 19.1 Å². The van der Waals surface area contributed by atoms with Crippen molar-refractivity contribution < 1.29 is 0 Å². The normalized spacial score (nSPS) is 11.1. The predicted octanol–water partition coefficient (Wildman–Crippen LogP) is 18.2. The lowest BCUT2D eigenvalue weighted by atomic mass is 9.96. The molecule has 76 heavy (non-hydrogen) atoms. The van der Waals surface area contributed by atoms with E-state index in [-0.39, 0.29) is 0 Å². The van der Waals surface area contributed by atoms with Gasteiger partial charge in [0.2, 0.25) is 0 Å². The van der Waals surface area contributed by atoms with Gasteiger partial charge in [0.05, 0.1) is 70.6 Å². The number of fused-ring (bicyclic) bond motifs is 6. The first-order valence-electron chi connectivity index (χ1n) is 24.6. The van der Waals surface area contributed by atoms with Gasteiger partial charge in [0, 0.05) is 54.9 Å². The molecule has 0 N–H and O–H groups in total. The lowest BCUT2D eigenvalue weighted by Gasteiger charge is -2.20. The standard InChI is InChI=1S/C68H38N8/c1-70-49-30-32-51(61(40-49)72-3)47-28-34-66-56(38-47)53-21-11-15-25-64(53)76(66)67-35-29-48(59-41-58(44-16-6-4-7-17-44)73-68(74-59)45-18-8-5-9-19-45)39-57(67)54-22-12-14-24-63(54)75-62-23-13-10-20-52(62)55-37-46(27-33-65(55)75)50-31-26-43(42-69)36-60(50)71-2/h4-41H. The minimum Gasteiger partial charge on any atom is -0.309 e. The Kier molecular flexibility index (Phi) is 10.9. The summed E-state index contributed by atoms with van der Waals surface area (Å²) in [6.07, 6.45) is 0. The first-order chi connectivity index (χ1) is 37.5. The highest BCUT2D eigenvalue weighted by atomic mass is 15.0. The molecule has 0 unspecified atom stereocenters. The zero-order valence-corrected chi connectivity index (χ0v) is 40.5. The molecule has 0 aliphatic heterocycles. The zero-order valence-electron chi connectivity index (χ0n) is 40.5. The van der Waals surface area contributed by atoms with Gasteiger partial charge in [0.15, 0.2) is 22.9 Å². The van der Waals surface area contributed by atoms with Gasteiger partial charge < -0.3 is 9.13 Å². The smallest absolute Gasteiger partial charge is 0.196 e. The molecule has 3 aromatic heterocycles. The first kappa shape index (κ1) is 44.8. The molecule has 0 radical (unpaired) electrons. The van der Waals surface area contributed by atoms with Crippen LogP contribution < -0.4 is 0 Å². The van der Waals surface area contributed by atoms with Crippen molar-refractivity contribution in [2.24, 2.45) is 0 Å². The molecule has 0 aliphatic carbocycles. The summed E-state index contributed by atoms with van der Waals surface area (Å²) >= 11 is 0. The number of hydrogen-bond acceptors (Lipinski definition) is 3. The van der Waals surface area contributed by atoms with Crippen LogP contribution in [0.2, 0.25) is 0 Å². The molecule has 13 rings (SSSR count). The molecule has 0 aliphatic rings. The average Bonchev–Trinajstić information content (AvgIpc) is 4.10. The maximum atomic E-state index is 9.64. The Hall–Kier alpha value is -11.2. The Morgan fingerprint density at radius 1 is 0.355 bits per heavy atom. The van der Waals surface area contributed by atoms with E-state index in [1.807, 2.05) is 60.7 Å². The highest BCUT2D eigenvalue weighted by molar-refractivity contribution is 6.13. The van der Waals surface area contributed by atoms with Crippen LogP contribution in [0.25, 0.3) is 137 Å². The van der Waals surface area contributed by atoms with Crippen LogP contribution in [0.4, 0.5) is 17.1 Å². The van der Waals surface area contributed by atoms with Gasteiger partial charge >= 0.3 is 0 Å². The van der Waals surface area contributed by atoms with Gasteiger partial charge in [0.25, 0.3) is 0 Å². The molecule has 0 atom stereocenters. The average molecular weight is 967 g/mol. The van der Waals surface area contributed by atoms with Crippen molar-refractivity contribution in [3.05, 3.63) is 270 Å². The van der Waals surface area contributed by atoms with E-state index in [9.17, 15) is 5.26 Å². The lowest BCUT2D eigenvalue weighted by Crippen LogP contribution is -2.02. The molecule has 0 amide bonds. The summed E-state index contributed by atoms with van der Waals surface area (Å²) < 4.78 is 4.69. The number of nitrogens with zero attached hydrogens (tertiary/aromatic N) is 8. The van der Waals surface area contributed by atoms with Crippen molar-refractivity contribution >= 4 is 60.7 Å². The van der Waals surface area contributed by atoms with Gasteiger partial charge in [-0.15, -0.1) is 0 Å². The minimum atomic E-state index is 0.431. The highest BCUT2D eigenvalue weighted by Crippen LogP contribution is 2.45. The van der Waals surface area contributed by atoms with E-state index in [4.69, 9.17) is 29.7 Å². The highest BCUT2D eigenvalue weighted by Gasteiger charge is 2.23. The van der Waals surface area contributed by atoms with Gasteiger partial charge in [-0.3, -0.25) is 0 Å². The SMILES string of the molecule is [C-]#[N+]c1ccc(-c2ccc3c(c2)c2ccccc2n3-c2ccc(-c3cc(-c4ccccc4)nc(-c4ccccc4)n3)cc2-c2ccccc2-n2c3ccccc3c3cc(-c4ccc(C#N)cc4[N+]#[C-])ccc32)c([N+]#[C-])c1. The number of hydrogen-bond donors (Lipinski definition) is 0. The second-order valence-corrected chi connectivity index (χ2v) is 18.5. The van der Waals surface area contributed by atoms with Crippen LogP contribution in [-0.2, 0) is 0 Å². The molecule has 0 spiro atoms. The van der Waals surface area contributed by atoms with Crippen LogP contribution in [0.3, 0.4) is 0 Å². The van der Waals surface area contributed by atoms with E-state index in [0.29, 0.717) is 28.5 Å². The fourth-order valence-corrected chi connectivity index (χ4v) is 10.7. The molecular formula is C68H38N8. The van der Waals surface area contributed by atoms with Crippen LogP contribution in [-0.4, -0.2) is 19.1 Å². The maximum Gasteiger partial charge on any atom is 0.196 e. The minimum absolute atomic E-state index is 0.431. The van der Waals surface area contributed by atoms with Crippen LogP contribution in [0, 0.1) is 31.0 Å². The van der Waals surface area contributed by atoms with Crippen molar-refractivity contribution in [3.8, 4) is 84.7 Å². The summed E-state index contributed by atoms with van der Waals surface area (Å²) in [7, 11) is 0. The maximum absolute atomic E-state index is 9.64. The number of nitriles is 1. The molecular weight excluding hydrogens is 929 g/mol. The fourth-order valence-electron chi connectivity index (χ4n) is 10.7. The molecule has 8 heteroatoms. The van der Waals surface area contributed by atoms with Crippen LogP contribution in [0.15, 0.2) is 231 Å². The van der Waals surface area contributed by atoms with Crippen LogP contribution in [0.5, 0.6) is 0 Å². The topological polar surface area (TPSA) is 72.5 Å². The first-order valence-corrected chi connectivity index (χ1v) is 24.6. The predicted molar refractivity (Wildman–Crippen MR) is 307 cm³/mol. The van der Waals surface area contributed by atoms with E-state index >= 15 is 0 Å². The monoisotopic (exact) mass is 966 g/mol. The molecule has 0 saturated heterocycles. The fraction of sp³-hybridized carbons (Fsp3) is 0. The number of rotatable bonds is 8. The van der Waals surface area contributed by atoms with E-state index in [2.05, 4.69) is 175 Å². The number of para-hydroxylation sites is 3. The van der Waals surface area contributed by atoms with Crippen LogP contribution in [0.1, 0.15) is 5.56 Å². The molecule has 0 fully saturated rings. The van der Waals surface area contributed by atoms with Crippen molar-refractivity contribution in [2.45, 2.75) is 0 Å². The van der Waals surface area contributed by atoms with Crippen molar-refractivity contribution in [1.29, 1.82) is 5.26 Å². The second kappa shape index (κ2) is 18.5. The number of aromatic nitrogens is 4. The third kappa shape index (κ3) is 7.51. The molecule has 8 nitrogen and oxygen atoms in total. The lowest BCUT2D eigenvalue weighted by molar-refractivity contribution is 1.16. The van der Waals surface area contributed by atoms with Gasteiger partial charge in [-0.25, -0.2) is 24.5 Å². The van der Waals surface area contributed by atoms with Crippen LogP contribution >= 0.6 is 0 Å². The van der Waals surface area contributed by atoms with Crippen molar-refractivity contribution in [2.75, 3.05) is 0 Å². The van der Waals surface area contributed by atoms with E-state index < -0.39 is 0 Å². The summed E-state index contributed by atoms with van der Waals surface area (Å²) in [5.41, 5.74) is 17.4. The van der Waals surface area contributed by atoms with Gasteiger partial charge in [-0.1, -0.05) is 158 Å². The molecule has 350 valence electrons. The third-order valence-corrected chi connectivity index (χ3v) is 14.2. The molecule has 10 aromatic carbocycles. The van der Waals surface area contributed by atoms with Gasteiger partial charge in [0.1, 0.15) is 0 Å². The quantitative estimate of drug-likeness (QED) is 0.142. The summed E-state index contributed by atoms with van der Waals surface area (Å²) in [5.74, 6) is 0.625. The molecule has 3 heterocycles. The van der Waals surface area contributed by atoms with E-state index in [1.54, 1.807) is 24.3 Å². The Bertz CT molecular complexity index is 4630. The Labute approximate surface area is 438 Å². The summed E-state index contributed by atoms with van der Waals surface area (Å²) in [4.78, 5) is 21.7. The van der Waals surface area contributed by atoms with Gasteiger partial charge in [-0.05, 0) is 95.1 Å². The number of benzene rings is 10. The molecule has 0 saturated carbocycles. The zero-order chi connectivity index (χ0) is 51.3. The molecule has 0 bridgehead atoms. The Morgan fingerprint density at radius 3 is 1.49 bits per heavy atom. The Balaban J connectivity index is 1.08.